The lowest BCUT2D eigenvalue weighted by Gasteiger charge is -2.23. The van der Waals surface area contributed by atoms with Crippen LogP contribution >= 0.6 is 0 Å². The maximum absolute atomic E-state index is 13.9. The van der Waals surface area contributed by atoms with Crippen molar-refractivity contribution in [1.82, 2.24) is 19.8 Å². The van der Waals surface area contributed by atoms with E-state index in [1.165, 1.54) is 29.4 Å². The van der Waals surface area contributed by atoms with Gasteiger partial charge < -0.3 is 14.8 Å². The van der Waals surface area contributed by atoms with Crippen molar-refractivity contribution in [2.75, 3.05) is 6.54 Å². The Labute approximate surface area is 193 Å². The van der Waals surface area contributed by atoms with Gasteiger partial charge in [-0.2, -0.15) is 18.4 Å². The van der Waals surface area contributed by atoms with Gasteiger partial charge >= 0.3 is 6.18 Å². The first-order chi connectivity index (χ1) is 15.9. The minimum absolute atomic E-state index is 0.0732. The Morgan fingerprint density at radius 2 is 2.00 bits per heavy atom. The van der Waals surface area contributed by atoms with Crippen LogP contribution in [0.15, 0.2) is 41.8 Å². The molecule has 180 valence electrons. The van der Waals surface area contributed by atoms with Crippen LogP contribution in [0.4, 0.5) is 13.2 Å². The highest BCUT2D eigenvalue weighted by atomic mass is 32.2. The normalized spacial score (nSPS) is 21.7. The van der Waals surface area contributed by atoms with Crippen LogP contribution in [0.5, 0.6) is 0 Å². The molecule has 34 heavy (non-hydrogen) atoms. The smallest absolute Gasteiger partial charge is 0.336 e. The van der Waals surface area contributed by atoms with E-state index in [-0.39, 0.29) is 12.1 Å². The van der Waals surface area contributed by atoms with Gasteiger partial charge in [0, 0.05) is 31.5 Å². The molecule has 1 aromatic heterocycles. The summed E-state index contributed by atoms with van der Waals surface area (Å²) in [6, 6.07) is 3.60. The van der Waals surface area contributed by atoms with Crippen LogP contribution in [0, 0.1) is 11.3 Å². The number of likely N-dealkylation sites (tertiary alicyclic amines) is 1. The first-order valence-electron chi connectivity index (χ1n) is 10.3. The summed E-state index contributed by atoms with van der Waals surface area (Å²) in [5.74, 6) is -1.29. The number of aromatic nitrogens is 2. The second kappa shape index (κ2) is 8.12. The minimum Gasteiger partial charge on any atom is -0.336 e. The van der Waals surface area contributed by atoms with E-state index in [4.69, 9.17) is 0 Å². The fraction of sp³-hybridized carbons (Fsp3) is 0.429. The molecule has 4 rings (SSSR count). The third-order valence-electron chi connectivity index (χ3n) is 6.11. The molecule has 9 nitrogen and oxygen atoms in total. The van der Waals surface area contributed by atoms with Gasteiger partial charge in [-0.25, -0.2) is 13.4 Å². The molecule has 2 amide bonds. The second-order valence-corrected chi connectivity index (χ2v) is 10.6. The SMILES string of the molecule is CC(=O)N1CC(S(=O)(=O)c2ccc(-n3ccnc3)cc2C(F)(F)F)CC1C(=O)NC1(C#N)CC1. The van der Waals surface area contributed by atoms with Crippen molar-refractivity contribution >= 4 is 21.7 Å². The lowest BCUT2D eigenvalue weighted by Crippen LogP contribution is -2.48. The molecule has 1 aliphatic carbocycles. The summed E-state index contributed by atoms with van der Waals surface area (Å²) < 4.78 is 69.6. The highest BCUT2D eigenvalue weighted by Crippen LogP contribution is 2.39. The summed E-state index contributed by atoms with van der Waals surface area (Å²) >= 11 is 0. The maximum Gasteiger partial charge on any atom is 0.417 e. The molecule has 2 unspecified atom stereocenters. The average molecular weight is 495 g/mol. The van der Waals surface area contributed by atoms with Gasteiger partial charge in [0.1, 0.15) is 11.6 Å². The van der Waals surface area contributed by atoms with E-state index in [0.717, 1.165) is 24.0 Å². The number of amides is 2. The van der Waals surface area contributed by atoms with Gasteiger partial charge in [0.2, 0.25) is 11.8 Å². The number of alkyl halides is 3. The molecular weight excluding hydrogens is 475 g/mol. The van der Waals surface area contributed by atoms with Gasteiger partial charge in [0.05, 0.1) is 28.1 Å². The number of nitrogens with one attached hydrogen (secondary N) is 1. The van der Waals surface area contributed by atoms with E-state index < -0.39 is 61.7 Å². The number of hydrogen-bond acceptors (Lipinski definition) is 6. The Hall–Kier alpha value is -3.40. The number of rotatable bonds is 5. The van der Waals surface area contributed by atoms with Crippen LogP contribution < -0.4 is 5.32 Å². The number of imidazole rings is 1. The first-order valence-corrected chi connectivity index (χ1v) is 11.9. The van der Waals surface area contributed by atoms with E-state index in [1.54, 1.807) is 0 Å². The molecule has 1 saturated heterocycles. The van der Waals surface area contributed by atoms with E-state index in [0.29, 0.717) is 12.8 Å². The highest BCUT2D eigenvalue weighted by Gasteiger charge is 2.50. The lowest BCUT2D eigenvalue weighted by atomic mass is 10.1. The molecular formula is C21H20F3N5O4S. The standard InChI is InChI=1S/C21H20F3N5O4S/c1-13(30)29-10-15(9-17(29)19(31)27-20(11-25)4-5-20)34(32,33)18-3-2-14(28-7-6-26-12-28)8-16(18)21(22,23)24/h2-3,6-8,12,15,17H,4-5,9-10H2,1H3,(H,27,31). The topological polar surface area (TPSA) is 125 Å². The van der Waals surface area contributed by atoms with Gasteiger partial charge in [-0.1, -0.05) is 0 Å². The molecule has 13 heteroatoms. The van der Waals surface area contributed by atoms with E-state index in [2.05, 4.69) is 10.3 Å². The summed E-state index contributed by atoms with van der Waals surface area (Å²) in [4.78, 5) is 28.7. The van der Waals surface area contributed by atoms with Crippen molar-refractivity contribution in [2.24, 2.45) is 0 Å². The fourth-order valence-corrected chi connectivity index (χ4v) is 5.96. The van der Waals surface area contributed by atoms with Crippen LogP contribution in [0.3, 0.4) is 0 Å². The van der Waals surface area contributed by atoms with Gasteiger partial charge in [-0.3, -0.25) is 9.59 Å². The van der Waals surface area contributed by atoms with Crippen molar-refractivity contribution in [3.8, 4) is 11.8 Å². The van der Waals surface area contributed by atoms with Crippen LogP contribution in [0.2, 0.25) is 0 Å². The number of carbonyl (C=O) groups is 2. The number of carbonyl (C=O) groups excluding carboxylic acids is 2. The van der Waals surface area contributed by atoms with Gasteiger partial charge in [-0.15, -0.1) is 0 Å². The minimum atomic E-state index is -4.97. The predicted molar refractivity (Wildman–Crippen MR) is 111 cm³/mol. The first kappa shape index (κ1) is 23.7. The van der Waals surface area contributed by atoms with Crippen LogP contribution in [-0.2, 0) is 25.6 Å². The zero-order valence-corrected chi connectivity index (χ0v) is 18.7. The zero-order valence-electron chi connectivity index (χ0n) is 17.9. The Kier molecular flexibility index (Phi) is 5.67. The molecule has 2 aromatic rings. The number of hydrogen-bond donors (Lipinski definition) is 1. The summed E-state index contributed by atoms with van der Waals surface area (Å²) in [5, 5.41) is 10.3. The quantitative estimate of drug-likeness (QED) is 0.675. The third-order valence-corrected chi connectivity index (χ3v) is 8.30. The van der Waals surface area contributed by atoms with Crippen LogP contribution in [-0.4, -0.2) is 58.1 Å². The third kappa shape index (κ3) is 4.25. The predicted octanol–water partition coefficient (Wildman–Crippen LogP) is 1.83. The number of nitrogens with zero attached hydrogens (tertiary/aromatic N) is 4. The molecule has 2 fully saturated rings. The van der Waals surface area contributed by atoms with Crippen molar-refractivity contribution in [3.63, 3.8) is 0 Å². The second-order valence-electron chi connectivity index (χ2n) is 8.42. The fourth-order valence-electron chi connectivity index (χ4n) is 4.07. The van der Waals surface area contributed by atoms with Gasteiger partial charge in [-0.05, 0) is 37.5 Å². The number of benzene rings is 1. The summed E-state index contributed by atoms with van der Waals surface area (Å²) in [6.07, 6.45) is -0.416. The summed E-state index contributed by atoms with van der Waals surface area (Å²) in [6.45, 7) is 0.712. The van der Waals surface area contributed by atoms with Crippen LogP contribution in [0.1, 0.15) is 31.7 Å². The molecule has 2 aliphatic rings. The highest BCUT2D eigenvalue weighted by molar-refractivity contribution is 7.92. The molecule has 0 bridgehead atoms. The van der Waals surface area contributed by atoms with E-state index >= 15 is 0 Å². The monoisotopic (exact) mass is 495 g/mol. The zero-order chi connectivity index (χ0) is 24.9. The number of nitriles is 1. The molecule has 2 atom stereocenters. The van der Waals surface area contributed by atoms with Crippen molar-refractivity contribution in [2.45, 2.75) is 54.1 Å². The van der Waals surface area contributed by atoms with Crippen molar-refractivity contribution in [1.29, 1.82) is 5.26 Å². The molecule has 1 saturated carbocycles. The Bertz CT molecular complexity index is 1280. The van der Waals surface area contributed by atoms with Gasteiger partial charge in [0.25, 0.3) is 0 Å². The lowest BCUT2D eigenvalue weighted by molar-refractivity contribution is -0.140. The molecule has 1 aliphatic heterocycles. The molecule has 0 spiro atoms. The molecule has 0 radical (unpaired) electrons. The van der Waals surface area contributed by atoms with Crippen molar-refractivity contribution < 1.29 is 31.2 Å². The van der Waals surface area contributed by atoms with Gasteiger partial charge in [0.15, 0.2) is 9.84 Å². The Morgan fingerprint density at radius 3 is 2.53 bits per heavy atom. The number of halogens is 3. The van der Waals surface area contributed by atoms with E-state index in [9.17, 15) is 36.4 Å². The Morgan fingerprint density at radius 1 is 1.29 bits per heavy atom. The maximum atomic E-state index is 13.9. The molecule has 1 aromatic carbocycles. The molecule has 2 heterocycles. The summed E-state index contributed by atoms with van der Waals surface area (Å²) in [7, 11) is -4.59. The largest absolute Gasteiger partial charge is 0.417 e. The number of sulfone groups is 1. The van der Waals surface area contributed by atoms with Crippen molar-refractivity contribution in [3.05, 3.63) is 42.5 Å². The summed E-state index contributed by atoms with van der Waals surface area (Å²) in [5.41, 5.74) is -2.31. The Balaban J connectivity index is 1.68. The molecule has 1 N–H and O–H groups in total. The van der Waals surface area contributed by atoms with E-state index in [1.807, 2.05) is 6.07 Å². The van der Waals surface area contributed by atoms with Crippen LogP contribution in [0.25, 0.3) is 5.69 Å². The average Bonchev–Trinajstić information content (AvgIpc) is 3.19.